The van der Waals surface area contributed by atoms with E-state index in [1.165, 1.54) is 18.5 Å². The SMILES string of the molecule is Cn1cnc(S(=O)(=O)N(C2CC2)[C@H]2CCC3=Cc4c(cnn4-c4ccc(F)cc4)C[C@]3(CO)C2)c1. The van der Waals surface area contributed by atoms with E-state index in [1.54, 1.807) is 45.1 Å². The summed E-state index contributed by atoms with van der Waals surface area (Å²) in [5.41, 5.74) is 3.31. The fourth-order valence-corrected chi connectivity index (χ4v) is 7.64. The van der Waals surface area contributed by atoms with Crippen molar-refractivity contribution in [1.29, 1.82) is 0 Å². The van der Waals surface area contributed by atoms with Gasteiger partial charge in [0, 0.05) is 30.7 Å². The highest BCUT2D eigenvalue weighted by Crippen LogP contribution is 2.50. The topological polar surface area (TPSA) is 93.3 Å². The summed E-state index contributed by atoms with van der Waals surface area (Å²) in [5, 5.41) is 15.3. The van der Waals surface area contributed by atoms with Crippen molar-refractivity contribution in [3.63, 3.8) is 0 Å². The summed E-state index contributed by atoms with van der Waals surface area (Å²) >= 11 is 0. The molecule has 0 saturated heterocycles. The van der Waals surface area contributed by atoms with Gasteiger partial charge in [-0.25, -0.2) is 22.5 Å². The number of fused-ring (bicyclic) bond motifs is 2. The van der Waals surface area contributed by atoms with Gasteiger partial charge in [0.2, 0.25) is 0 Å². The van der Waals surface area contributed by atoms with Crippen LogP contribution in [-0.2, 0) is 23.5 Å². The molecule has 3 aliphatic rings. The van der Waals surface area contributed by atoms with Gasteiger partial charge in [-0.05, 0) is 74.4 Å². The highest BCUT2D eigenvalue weighted by atomic mass is 32.2. The molecule has 0 radical (unpaired) electrons. The second kappa shape index (κ2) is 8.11. The second-order valence-electron chi connectivity index (χ2n) is 10.1. The summed E-state index contributed by atoms with van der Waals surface area (Å²) in [4.78, 5) is 4.14. The molecular weight excluding hydrogens is 469 g/mol. The Morgan fingerprint density at radius 1 is 1.20 bits per heavy atom. The first kappa shape index (κ1) is 22.6. The zero-order chi connectivity index (χ0) is 24.4. The Kier molecular flexibility index (Phi) is 5.24. The third-order valence-electron chi connectivity index (χ3n) is 7.64. The Balaban J connectivity index is 1.33. The monoisotopic (exact) mass is 497 g/mol. The van der Waals surface area contributed by atoms with Gasteiger partial charge < -0.3 is 9.67 Å². The smallest absolute Gasteiger partial charge is 0.262 e. The molecule has 2 atom stereocenters. The van der Waals surface area contributed by atoms with Crippen molar-refractivity contribution >= 4 is 16.1 Å². The van der Waals surface area contributed by atoms with Gasteiger partial charge >= 0.3 is 0 Å². The van der Waals surface area contributed by atoms with E-state index in [0.29, 0.717) is 25.7 Å². The maximum Gasteiger partial charge on any atom is 0.262 e. The van der Waals surface area contributed by atoms with E-state index in [4.69, 9.17) is 0 Å². The average molecular weight is 498 g/mol. The molecular formula is C25H28FN5O3S. The van der Waals surface area contributed by atoms with Crippen LogP contribution in [0.15, 0.2) is 53.6 Å². The zero-order valence-corrected chi connectivity index (χ0v) is 20.3. The normalized spacial score (nSPS) is 24.2. The quantitative estimate of drug-likeness (QED) is 0.565. The molecule has 2 fully saturated rings. The lowest BCUT2D eigenvalue weighted by atomic mass is 9.63. The van der Waals surface area contributed by atoms with Gasteiger partial charge in [0.25, 0.3) is 10.0 Å². The number of nitrogens with zero attached hydrogens (tertiary/aromatic N) is 5. The van der Waals surface area contributed by atoms with Crippen LogP contribution in [0.2, 0.25) is 0 Å². The number of rotatable bonds is 6. The number of imidazole rings is 1. The van der Waals surface area contributed by atoms with Gasteiger partial charge in [-0.15, -0.1) is 0 Å². The fourth-order valence-electron chi connectivity index (χ4n) is 5.77. The van der Waals surface area contributed by atoms with Crippen molar-refractivity contribution in [3.05, 3.63) is 65.6 Å². The Morgan fingerprint density at radius 3 is 2.63 bits per heavy atom. The van der Waals surface area contributed by atoms with Gasteiger partial charge in [0.05, 0.1) is 30.5 Å². The lowest BCUT2D eigenvalue weighted by molar-refractivity contribution is 0.0919. The molecule has 3 aliphatic carbocycles. The van der Waals surface area contributed by atoms with Crippen LogP contribution in [0.4, 0.5) is 4.39 Å². The number of aliphatic hydroxyl groups excluding tert-OH is 1. The predicted molar refractivity (Wildman–Crippen MR) is 128 cm³/mol. The molecule has 0 unspecified atom stereocenters. The highest BCUT2D eigenvalue weighted by Gasteiger charge is 2.50. The summed E-state index contributed by atoms with van der Waals surface area (Å²) < 4.78 is 45.7. The molecule has 184 valence electrons. The van der Waals surface area contributed by atoms with E-state index in [9.17, 15) is 17.9 Å². The van der Waals surface area contributed by atoms with Crippen LogP contribution < -0.4 is 0 Å². The number of aliphatic hydroxyl groups is 1. The molecule has 0 aliphatic heterocycles. The van der Waals surface area contributed by atoms with Crippen molar-refractivity contribution in [2.45, 2.75) is 55.6 Å². The lowest BCUT2D eigenvalue weighted by Gasteiger charge is -2.46. The first-order valence-electron chi connectivity index (χ1n) is 12.0. The molecule has 2 aromatic heterocycles. The molecule has 8 nitrogen and oxygen atoms in total. The molecule has 0 amide bonds. The van der Waals surface area contributed by atoms with Crippen molar-refractivity contribution in [2.75, 3.05) is 6.61 Å². The zero-order valence-electron chi connectivity index (χ0n) is 19.5. The van der Waals surface area contributed by atoms with Crippen LogP contribution in [0.25, 0.3) is 11.8 Å². The van der Waals surface area contributed by atoms with Crippen molar-refractivity contribution in [1.82, 2.24) is 23.6 Å². The molecule has 0 spiro atoms. The Bertz CT molecular complexity index is 1410. The van der Waals surface area contributed by atoms with Gasteiger partial charge in [-0.3, -0.25) is 0 Å². The number of sulfonamides is 1. The summed E-state index contributed by atoms with van der Waals surface area (Å²) in [7, 11) is -1.97. The molecule has 6 rings (SSSR count). The van der Waals surface area contributed by atoms with Crippen molar-refractivity contribution < 1.29 is 17.9 Å². The maximum absolute atomic E-state index is 13.6. The number of aromatic nitrogens is 4. The minimum Gasteiger partial charge on any atom is -0.395 e. The number of hydrogen-bond acceptors (Lipinski definition) is 5. The summed E-state index contributed by atoms with van der Waals surface area (Å²) in [5.74, 6) is -0.299. The first-order valence-corrected chi connectivity index (χ1v) is 13.4. The number of hydrogen-bond donors (Lipinski definition) is 1. The van der Waals surface area contributed by atoms with Crippen molar-refractivity contribution in [2.24, 2.45) is 12.5 Å². The molecule has 10 heteroatoms. The molecule has 3 aromatic rings. The van der Waals surface area contributed by atoms with Gasteiger partial charge in [0.1, 0.15) is 5.82 Å². The van der Waals surface area contributed by atoms with Crippen LogP contribution in [-0.4, -0.2) is 55.9 Å². The number of halogens is 1. The second-order valence-corrected chi connectivity index (χ2v) is 11.9. The third kappa shape index (κ3) is 3.75. The Hall–Kier alpha value is -2.82. The molecule has 2 heterocycles. The van der Waals surface area contributed by atoms with E-state index in [1.807, 2.05) is 0 Å². The summed E-state index contributed by atoms with van der Waals surface area (Å²) in [6.45, 7) is -0.0569. The molecule has 35 heavy (non-hydrogen) atoms. The maximum atomic E-state index is 13.6. The van der Waals surface area contributed by atoms with Gasteiger partial charge in [-0.1, -0.05) is 5.57 Å². The van der Waals surface area contributed by atoms with Crippen LogP contribution >= 0.6 is 0 Å². The van der Waals surface area contributed by atoms with Crippen LogP contribution in [0, 0.1) is 11.2 Å². The van der Waals surface area contributed by atoms with E-state index >= 15 is 0 Å². The Labute approximate surface area is 203 Å². The summed E-state index contributed by atoms with van der Waals surface area (Å²) in [6, 6.07) is 6.01. The van der Waals surface area contributed by atoms with Crippen LogP contribution in [0.5, 0.6) is 0 Å². The van der Waals surface area contributed by atoms with E-state index in [0.717, 1.165) is 35.4 Å². The van der Waals surface area contributed by atoms with E-state index in [2.05, 4.69) is 16.2 Å². The van der Waals surface area contributed by atoms with Gasteiger partial charge in [-0.2, -0.15) is 9.40 Å². The standard InChI is InChI=1S/C25H28FN5O3S/c1-29-14-24(27-16-29)35(33,34)31(21-8-9-21)22-5-2-18-10-23-17(11-25(18,12-22)15-32)13-28-30(23)20-6-3-19(26)4-7-20/h3-4,6-7,10,13-14,16,21-22,32H,2,5,8-9,11-12,15H2,1H3/t22-,25+/m0/s1. The molecule has 1 aromatic carbocycles. The molecule has 0 bridgehead atoms. The number of aryl methyl sites for hydroxylation is 1. The fraction of sp³-hybridized carbons (Fsp3) is 0.440. The largest absolute Gasteiger partial charge is 0.395 e. The highest BCUT2D eigenvalue weighted by molar-refractivity contribution is 7.89. The summed E-state index contributed by atoms with van der Waals surface area (Å²) in [6.07, 6.45) is 11.2. The van der Waals surface area contributed by atoms with Crippen LogP contribution in [0.3, 0.4) is 0 Å². The average Bonchev–Trinajstić information content (AvgIpc) is 3.42. The first-order chi connectivity index (χ1) is 16.8. The third-order valence-corrected chi connectivity index (χ3v) is 9.53. The van der Waals surface area contributed by atoms with E-state index < -0.39 is 15.4 Å². The van der Waals surface area contributed by atoms with Gasteiger partial charge in [0.15, 0.2) is 5.03 Å². The molecule has 2 saturated carbocycles. The minimum atomic E-state index is -3.73. The Morgan fingerprint density at radius 2 is 1.97 bits per heavy atom. The minimum absolute atomic E-state index is 0.00587. The molecule has 1 N–H and O–H groups in total. The number of benzene rings is 1. The van der Waals surface area contributed by atoms with Crippen molar-refractivity contribution in [3.8, 4) is 5.69 Å². The predicted octanol–water partition coefficient (Wildman–Crippen LogP) is 3.07. The van der Waals surface area contributed by atoms with Crippen LogP contribution in [0.1, 0.15) is 43.4 Å². The van der Waals surface area contributed by atoms with E-state index in [-0.39, 0.29) is 29.5 Å². The lowest BCUT2D eigenvalue weighted by Crippen LogP contribution is -2.49.